The van der Waals surface area contributed by atoms with Gasteiger partial charge in [-0.1, -0.05) is 30.3 Å². The molecule has 0 bridgehead atoms. The van der Waals surface area contributed by atoms with Gasteiger partial charge in [0.2, 0.25) is 0 Å². The van der Waals surface area contributed by atoms with Gasteiger partial charge in [-0.3, -0.25) is 29.5 Å². The number of sulfonamides is 1. The van der Waals surface area contributed by atoms with Gasteiger partial charge in [0.05, 0.1) is 21.2 Å². The number of nitro benzene ring substituents is 1. The van der Waals surface area contributed by atoms with Crippen molar-refractivity contribution in [1.82, 2.24) is 9.97 Å². The van der Waals surface area contributed by atoms with E-state index in [1.807, 2.05) is 24.3 Å². The zero-order chi connectivity index (χ0) is 22.1. The zero-order valence-electron chi connectivity index (χ0n) is 16.9. The minimum Gasteiger partial charge on any atom is -0.279 e. The summed E-state index contributed by atoms with van der Waals surface area (Å²) in [5, 5.41) is 10.7. The number of hydrogen-bond acceptors (Lipinski definition) is 6. The minimum atomic E-state index is -3.89. The Balaban J connectivity index is 0.000000594. The predicted octanol–water partition coefficient (Wildman–Crippen LogP) is 4.69. The van der Waals surface area contributed by atoms with E-state index < -0.39 is 14.9 Å². The smallest absolute Gasteiger partial charge is 0.269 e. The summed E-state index contributed by atoms with van der Waals surface area (Å²) in [4.78, 5) is 18.1. The molecule has 0 aliphatic rings. The van der Waals surface area contributed by atoms with Crippen LogP contribution in [0.4, 0.5) is 16.1 Å². The maximum atomic E-state index is 12.6. The molecule has 11 heteroatoms. The standard InChI is InChI=1S/C17H13N3O4S.C5H5N.FH.Pd/c21-20(22)13-8-10-14(11-9-13)25(23,24)19-17-7-2-1-5-15(17)16-6-3-4-12-18-16;1-2-4-6-5-3-1;;/h1-12,19H;1-5H;1H;. The number of rotatable bonds is 5. The Hall–Kier alpha value is -3.52. The molecule has 0 aliphatic heterocycles. The Morgan fingerprint density at radius 2 is 1.39 bits per heavy atom. The van der Waals surface area contributed by atoms with Crippen LogP contribution in [0.2, 0.25) is 0 Å². The van der Waals surface area contributed by atoms with Gasteiger partial charge >= 0.3 is 0 Å². The molecule has 0 fully saturated rings. The molecule has 0 amide bonds. The number of aromatic nitrogens is 2. The zero-order valence-corrected chi connectivity index (χ0v) is 19.3. The monoisotopic (exact) mass is 560 g/mol. The first kappa shape index (κ1) is 27.5. The van der Waals surface area contributed by atoms with Crippen LogP contribution in [0.1, 0.15) is 0 Å². The van der Waals surface area contributed by atoms with E-state index in [2.05, 4.69) is 14.7 Å². The van der Waals surface area contributed by atoms with Gasteiger partial charge in [0.25, 0.3) is 15.7 Å². The number of nitrogens with one attached hydrogen (secondary N) is 1. The van der Waals surface area contributed by atoms with Crippen molar-refractivity contribution < 1.29 is 38.5 Å². The molecule has 2 heterocycles. The van der Waals surface area contributed by atoms with E-state index in [0.29, 0.717) is 16.9 Å². The number of benzene rings is 2. The average Bonchev–Trinajstić information content (AvgIpc) is 2.81. The summed E-state index contributed by atoms with van der Waals surface area (Å²) in [5.74, 6) is 0. The number of hydrogen-bond donors (Lipinski definition) is 1. The van der Waals surface area contributed by atoms with Crippen molar-refractivity contribution in [3.05, 3.63) is 114 Å². The largest absolute Gasteiger partial charge is 0.279 e. The Bertz CT molecular complexity index is 1220. The first-order chi connectivity index (χ1) is 15.0. The number of nitrogens with zero attached hydrogens (tertiary/aromatic N) is 3. The van der Waals surface area contributed by atoms with Gasteiger partial charge in [0.1, 0.15) is 0 Å². The van der Waals surface area contributed by atoms with Gasteiger partial charge in [-0.2, -0.15) is 0 Å². The van der Waals surface area contributed by atoms with Crippen molar-refractivity contribution in [3.63, 3.8) is 0 Å². The quantitative estimate of drug-likeness (QED) is 0.215. The summed E-state index contributed by atoms with van der Waals surface area (Å²) in [6.07, 6.45) is 5.12. The number of halogens is 1. The fourth-order valence-corrected chi connectivity index (χ4v) is 3.66. The van der Waals surface area contributed by atoms with E-state index >= 15 is 0 Å². The van der Waals surface area contributed by atoms with Gasteiger partial charge in [-0.05, 0) is 42.5 Å². The van der Waals surface area contributed by atoms with Crippen LogP contribution in [0.3, 0.4) is 0 Å². The molecule has 4 rings (SSSR count). The van der Waals surface area contributed by atoms with Crippen molar-refractivity contribution in [2.45, 2.75) is 4.90 Å². The van der Waals surface area contributed by atoms with Crippen LogP contribution >= 0.6 is 0 Å². The van der Waals surface area contributed by atoms with E-state index in [-0.39, 0.29) is 35.7 Å². The Morgan fingerprint density at radius 1 is 0.788 bits per heavy atom. The third-order valence-electron chi connectivity index (χ3n) is 4.04. The number of non-ortho nitro benzene ring substituents is 1. The summed E-state index contributed by atoms with van der Waals surface area (Å²) in [6.45, 7) is 0. The molecule has 33 heavy (non-hydrogen) atoms. The molecule has 0 spiro atoms. The minimum absolute atomic E-state index is 0. The summed E-state index contributed by atoms with van der Waals surface area (Å²) < 4.78 is 27.6. The van der Waals surface area contributed by atoms with E-state index in [1.54, 1.807) is 55.0 Å². The first-order valence-electron chi connectivity index (χ1n) is 9.10. The molecular weight excluding hydrogens is 542 g/mol. The predicted molar refractivity (Wildman–Crippen MR) is 120 cm³/mol. The van der Waals surface area contributed by atoms with Crippen LogP contribution in [-0.2, 0) is 30.4 Å². The number of anilines is 1. The molecule has 1 N–H and O–H groups in total. The topological polar surface area (TPSA) is 115 Å². The van der Waals surface area contributed by atoms with Crippen LogP contribution in [-0.4, -0.2) is 23.3 Å². The van der Waals surface area contributed by atoms with Gasteiger partial charge in [0.15, 0.2) is 0 Å². The molecule has 0 unspecified atom stereocenters. The van der Waals surface area contributed by atoms with Crippen LogP contribution in [0.15, 0.2) is 108 Å². The SMILES string of the molecule is F.O=[N+]([O-])c1ccc(S(=O)(=O)Nc2ccccc2-c2ccccn2)cc1.[Pd].c1ccncc1. The fourth-order valence-electron chi connectivity index (χ4n) is 2.58. The second-order valence-electron chi connectivity index (χ2n) is 6.14. The van der Waals surface area contributed by atoms with Crippen LogP contribution in [0.5, 0.6) is 0 Å². The molecule has 2 aromatic heterocycles. The second kappa shape index (κ2) is 13.1. The average molecular weight is 561 g/mol. The van der Waals surface area contributed by atoms with E-state index in [1.165, 1.54) is 12.1 Å². The Morgan fingerprint density at radius 3 is 1.91 bits per heavy atom. The Labute approximate surface area is 204 Å². The van der Waals surface area contributed by atoms with Crippen LogP contribution in [0, 0.1) is 10.1 Å². The van der Waals surface area contributed by atoms with Gasteiger partial charge < -0.3 is 0 Å². The molecule has 0 aliphatic carbocycles. The third kappa shape index (κ3) is 7.84. The first-order valence-corrected chi connectivity index (χ1v) is 10.6. The van der Waals surface area contributed by atoms with Crippen LogP contribution in [0.25, 0.3) is 11.3 Å². The number of nitro groups is 1. The fraction of sp³-hybridized carbons (Fsp3) is 0. The molecule has 0 radical (unpaired) electrons. The summed E-state index contributed by atoms with van der Waals surface area (Å²) >= 11 is 0. The molecule has 0 atom stereocenters. The normalized spacial score (nSPS) is 9.82. The van der Waals surface area contributed by atoms with Gasteiger partial charge in [-0.15, -0.1) is 0 Å². The molecule has 0 saturated heterocycles. The van der Waals surface area contributed by atoms with Crippen molar-refractivity contribution in [3.8, 4) is 11.3 Å². The van der Waals surface area contributed by atoms with Gasteiger partial charge in [0, 0.05) is 56.7 Å². The maximum Gasteiger partial charge on any atom is 0.269 e. The third-order valence-corrected chi connectivity index (χ3v) is 5.42. The molecule has 8 nitrogen and oxygen atoms in total. The van der Waals surface area contributed by atoms with Gasteiger partial charge in [-0.25, -0.2) is 8.42 Å². The molecule has 174 valence electrons. The molecule has 2 aromatic carbocycles. The number of pyridine rings is 2. The summed E-state index contributed by atoms with van der Waals surface area (Å²) in [7, 11) is -3.89. The maximum absolute atomic E-state index is 12.6. The van der Waals surface area contributed by atoms with E-state index in [9.17, 15) is 18.5 Å². The van der Waals surface area contributed by atoms with Crippen molar-refractivity contribution >= 4 is 21.4 Å². The van der Waals surface area contributed by atoms with Crippen LogP contribution < -0.4 is 4.72 Å². The molecular formula is C22H19FN4O4PdS. The van der Waals surface area contributed by atoms with Crippen molar-refractivity contribution in [2.24, 2.45) is 0 Å². The van der Waals surface area contributed by atoms with Crippen molar-refractivity contribution in [1.29, 1.82) is 0 Å². The molecule has 0 saturated carbocycles. The number of para-hydroxylation sites is 1. The van der Waals surface area contributed by atoms with E-state index in [0.717, 1.165) is 12.1 Å². The van der Waals surface area contributed by atoms with Crippen molar-refractivity contribution in [2.75, 3.05) is 4.72 Å². The molecule has 4 aromatic rings. The summed E-state index contributed by atoms with van der Waals surface area (Å²) in [6, 6.07) is 22.7. The second-order valence-corrected chi connectivity index (χ2v) is 7.82. The van der Waals surface area contributed by atoms with E-state index in [4.69, 9.17) is 0 Å². The Kier molecular flexibility index (Phi) is 10.9. The summed E-state index contributed by atoms with van der Waals surface area (Å²) in [5.41, 5.74) is 1.46.